The van der Waals surface area contributed by atoms with Crippen LogP contribution in [0.1, 0.15) is 37.7 Å². The summed E-state index contributed by atoms with van der Waals surface area (Å²) >= 11 is 0. The largest absolute Gasteiger partial charge is 0.508 e. The molecule has 1 fully saturated rings. The first-order chi connectivity index (χ1) is 8.47. The lowest BCUT2D eigenvalue weighted by molar-refractivity contribution is -0.137. The maximum Gasteiger partial charge on any atom is 0.303 e. The third-order valence-corrected chi connectivity index (χ3v) is 3.73. The summed E-state index contributed by atoms with van der Waals surface area (Å²) < 4.78 is 13.3. The van der Waals surface area contributed by atoms with Gasteiger partial charge in [0.25, 0.3) is 0 Å². The van der Waals surface area contributed by atoms with Gasteiger partial charge in [-0.05, 0) is 48.3 Å². The van der Waals surface area contributed by atoms with Crippen molar-refractivity contribution in [1.82, 2.24) is 0 Å². The first-order valence-electron chi connectivity index (χ1n) is 6.18. The van der Waals surface area contributed by atoms with E-state index in [0.29, 0.717) is 11.5 Å². The molecule has 3 nitrogen and oxygen atoms in total. The highest BCUT2D eigenvalue weighted by molar-refractivity contribution is 5.68. The zero-order valence-corrected chi connectivity index (χ0v) is 10.3. The summed E-state index contributed by atoms with van der Waals surface area (Å²) in [6.07, 6.45) is 2.19. The topological polar surface area (TPSA) is 57.5 Å². The van der Waals surface area contributed by atoms with Crippen LogP contribution in [0, 0.1) is 17.7 Å². The summed E-state index contributed by atoms with van der Waals surface area (Å²) in [6, 6.07) is 3.82. The Morgan fingerprint density at radius 1 is 1.44 bits per heavy atom. The highest BCUT2D eigenvalue weighted by Gasteiger charge is 2.35. The van der Waals surface area contributed by atoms with Crippen molar-refractivity contribution >= 4 is 5.97 Å². The lowest BCUT2D eigenvalue weighted by Gasteiger charge is -2.23. The Morgan fingerprint density at radius 2 is 2.11 bits per heavy atom. The molecule has 1 unspecified atom stereocenters. The van der Waals surface area contributed by atoms with Gasteiger partial charge >= 0.3 is 5.97 Å². The molecule has 98 valence electrons. The molecule has 1 saturated carbocycles. The molecule has 0 heterocycles. The molecule has 18 heavy (non-hydrogen) atoms. The van der Waals surface area contributed by atoms with Crippen LogP contribution < -0.4 is 0 Å². The van der Waals surface area contributed by atoms with Crippen LogP contribution in [-0.4, -0.2) is 16.2 Å². The molecule has 1 aromatic rings. The predicted octanol–water partition coefficient (Wildman–Crippen LogP) is 3.14. The van der Waals surface area contributed by atoms with Crippen molar-refractivity contribution in [2.75, 3.05) is 0 Å². The van der Waals surface area contributed by atoms with E-state index >= 15 is 0 Å². The lowest BCUT2D eigenvalue weighted by Crippen LogP contribution is -2.16. The molecule has 2 N–H and O–H groups in total. The van der Waals surface area contributed by atoms with Gasteiger partial charge in [-0.1, -0.05) is 6.92 Å². The van der Waals surface area contributed by atoms with E-state index in [1.807, 2.05) is 6.92 Å². The van der Waals surface area contributed by atoms with Crippen LogP contribution in [0.5, 0.6) is 5.75 Å². The van der Waals surface area contributed by atoms with Crippen LogP contribution >= 0.6 is 0 Å². The number of aliphatic carboxylic acids is 1. The molecular weight excluding hydrogens is 235 g/mol. The number of phenols is 1. The van der Waals surface area contributed by atoms with Crippen LogP contribution in [0.3, 0.4) is 0 Å². The van der Waals surface area contributed by atoms with Crippen LogP contribution in [-0.2, 0) is 4.79 Å². The van der Waals surface area contributed by atoms with Gasteiger partial charge in [0.2, 0.25) is 0 Å². The molecule has 0 saturated heterocycles. The Bertz CT molecular complexity index is 434. The lowest BCUT2D eigenvalue weighted by atomic mass is 9.82. The minimum Gasteiger partial charge on any atom is -0.508 e. The molecule has 4 heteroatoms. The summed E-state index contributed by atoms with van der Waals surface area (Å²) in [4.78, 5) is 10.9. The Morgan fingerprint density at radius 3 is 2.61 bits per heavy atom. The minimum atomic E-state index is -0.892. The van der Waals surface area contributed by atoms with E-state index in [0.717, 1.165) is 18.9 Å². The third kappa shape index (κ3) is 3.00. The van der Waals surface area contributed by atoms with Crippen molar-refractivity contribution in [2.24, 2.45) is 11.8 Å². The van der Waals surface area contributed by atoms with Gasteiger partial charge in [0.1, 0.15) is 11.6 Å². The number of carboxylic acid groups (broad SMARTS) is 1. The summed E-state index contributed by atoms with van der Waals surface area (Å²) in [6.45, 7) is 2.01. The molecule has 0 radical (unpaired) electrons. The van der Waals surface area contributed by atoms with E-state index < -0.39 is 11.8 Å². The maximum atomic E-state index is 13.3. The van der Waals surface area contributed by atoms with E-state index in [-0.39, 0.29) is 24.0 Å². The zero-order chi connectivity index (χ0) is 13.3. The normalized spacial score (nSPS) is 18.3. The van der Waals surface area contributed by atoms with Crippen molar-refractivity contribution in [2.45, 2.75) is 32.1 Å². The summed E-state index contributed by atoms with van der Waals surface area (Å²) in [5, 5.41) is 18.4. The number of phenolic OH excluding ortho intramolecular Hbond substituents is 1. The highest BCUT2D eigenvalue weighted by Crippen LogP contribution is 2.45. The summed E-state index contributed by atoms with van der Waals surface area (Å²) in [7, 11) is 0. The van der Waals surface area contributed by atoms with Crippen molar-refractivity contribution in [3.8, 4) is 5.75 Å². The zero-order valence-electron chi connectivity index (χ0n) is 10.3. The minimum absolute atomic E-state index is 0.0272. The third-order valence-electron chi connectivity index (χ3n) is 3.73. The van der Waals surface area contributed by atoms with Crippen molar-refractivity contribution in [3.63, 3.8) is 0 Å². The molecule has 1 aliphatic carbocycles. The maximum absolute atomic E-state index is 13.3. The molecule has 0 aromatic heterocycles. The van der Waals surface area contributed by atoms with Crippen LogP contribution in [0.2, 0.25) is 0 Å². The quantitative estimate of drug-likeness (QED) is 0.846. The fourth-order valence-corrected chi connectivity index (χ4v) is 2.56. The summed E-state index contributed by atoms with van der Waals surface area (Å²) in [5.74, 6) is -1.08. The van der Waals surface area contributed by atoms with E-state index in [4.69, 9.17) is 5.11 Å². The van der Waals surface area contributed by atoms with E-state index in [2.05, 4.69) is 0 Å². The first-order valence-corrected chi connectivity index (χ1v) is 6.18. The van der Waals surface area contributed by atoms with E-state index in [1.54, 1.807) is 0 Å². The first kappa shape index (κ1) is 12.9. The van der Waals surface area contributed by atoms with Gasteiger partial charge in [-0.15, -0.1) is 0 Å². The van der Waals surface area contributed by atoms with Crippen LogP contribution in [0.15, 0.2) is 18.2 Å². The second kappa shape index (κ2) is 4.96. The SMILES string of the molecule is CC(C1CC1)[C@H](CC(=O)O)c1cc(O)cc(F)c1. The van der Waals surface area contributed by atoms with Crippen molar-refractivity contribution in [1.29, 1.82) is 0 Å². The second-order valence-electron chi connectivity index (χ2n) is 5.14. The second-order valence-corrected chi connectivity index (χ2v) is 5.14. The molecule has 2 atom stereocenters. The van der Waals surface area contributed by atoms with E-state index in [9.17, 15) is 14.3 Å². The number of rotatable bonds is 5. The van der Waals surface area contributed by atoms with Gasteiger partial charge in [-0.3, -0.25) is 4.79 Å². The number of hydrogen-bond donors (Lipinski definition) is 2. The molecule has 0 amide bonds. The fraction of sp³-hybridized carbons (Fsp3) is 0.500. The molecule has 0 bridgehead atoms. The van der Waals surface area contributed by atoms with Gasteiger partial charge in [0.05, 0.1) is 6.42 Å². The molecule has 2 rings (SSSR count). The van der Waals surface area contributed by atoms with Crippen LogP contribution in [0.4, 0.5) is 4.39 Å². The predicted molar refractivity (Wildman–Crippen MR) is 64.9 cm³/mol. The summed E-state index contributed by atoms with van der Waals surface area (Å²) in [5.41, 5.74) is 0.578. The molecule has 1 aromatic carbocycles. The number of carboxylic acids is 1. The highest BCUT2D eigenvalue weighted by atomic mass is 19.1. The van der Waals surface area contributed by atoms with Crippen molar-refractivity contribution in [3.05, 3.63) is 29.6 Å². The molecule has 0 spiro atoms. The Labute approximate surface area is 105 Å². The molecule has 0 aliphatic heterocycles. The smallest absolute Gasteiger partial charge is 0.303 e. The van der Waals surface area contributed by atoms with Crippen LogP contribution in [0.25, 0.3) is 0 Å². The fourth-order valence-electron chi connectivity index (χ4n) is 2.56. The number of carbonyl (C=O) groups is 1. The average Bonchev–Trinajstić information content (AvgIpc) is 3.06. The van der Waals surface area contributed by atoms with Gasteiger partial charge in [0.15, 0.2) is 0 Å². The van der Waals surface area contributed by atoms with Gasteiger partial charge in [-0.25, -0.2) is 4.39 Å². The standard InChI is InChI=1S/C14H17FO3/c1-8(9-2-3-9)13(7-14(17)18)10-4-11(15)6-12(16)5-10/h4-6,8-9,13,16H,2-3,7H2,1H3,(H,17,18)/t8?,13-/m0/s1. The van der Waals surface area contributed by atoms with Gasteiger partial charge in [0, 0.05) is 6.07 Å². The Kier molecular flexibility index (Phi) is 3.55. The molecule has 1 aliphatic rings. The number of benzene rings is 1. The number of hydrogen-bond acceptors (Lipinski definition) is 2. The monoisotopic (exact) mass is 252 g/mol. The van der Waals surface area contributed by atoms with Crippen molar-refractivity contribution < 1.29 is 19.4 Å². The van der Waals surface area contributed by atoms with Gasteiger partial charge < -0.3 is 10.2 Å². The number of halogens is 1. The van der Waals surface area contributed by atoms with Gasteiger partial charge in [-0.2, -0.15) is 0 Å². The Hall–Kier alpha value is -1.58. The average molecular weight is 252 g/mol. The Balaban J connectivity index is 2.28. The number of aromatic hydroxyl groups is 1. The van der Waals surface area contributed by atoms with E-state index in [1.165, 1.54) is 12.1 Å². The molecular formula is C14H17FO3.